The van der Waals surface area contributed by atoms with Crippen LogP contribution in [-0.4, -0.2) is 67.4 Å². The summed E-state index contributed by atoms with van der Waals surface area (Å²) >= 11 is 0. The first-order valence-electron chi connectivity index (χ1n) is 20.0. The lowest BCUT2D eigenvalue weighted by Crippen LogP contribution is -2.26. The molecule has 64 heavy (non-hydrogen) atoms. The number of carbonyl (C=O) groups is 3. The third-order valence-electron chi connectivity index (χ3n) is 9.11. The number of aromatic nitrogens is 4. The molecule has 0 saturated carbocycles. The van der Waals surface area contributed by atoms with Gasteiger partial charge in [-0.3, -0.25) is 14.4 Å². The molecule has 0 spiro atoms. The Balaban J connectivity index is 0.000000219. The van der Waals surface area contributed by atoms with Crippen molar-refractivity contribution >= 4 is 75.4 Å². The smallest absolute Gasteiger partial charge is 0.247 e. The van der Waals surface area contributed by atoms with E-state index in [1.54, 1.807) is 78.9 Å². The molecule has 0 atom stereocenters. The molecule has 1 saturated heterocycles. The van der Waals surface area contributed by atoms with Crippen molar-refractivity contribution in [2.45, 2.75) is 25.9 Å². The van der Waals surface area contributed by atoms with E-state index in [4.69, 9.17) is 4.74 Å². The predicted octanol–water partition coefficient (Wildman–Crippen LogP) is 8.34. The number of likely N-dealkylation sites (tertiary alicyclic amines) is 1. The van der Waals surface area contributed by atoms with Gasteiger partial charge in [-0.1, -0.05) is 43.5 Å². The standard InChI is InChI=1S/C26H27FN6O3.C20H18FN5O2/c1-2-23(34)29-18-7-3-8-19(15-18)30-25-22(27)17-28-26(32-25)31-20-9-4-10-21(16-20)36-14-6-13-33-12-5-11-24(33)35;1-2-18(28)23-15-7-4-8-16(10-15)24-19-17(21)11-22-20(26-19)25-14-6-3-5-13(9-14)12-27/h2-4,7-10,15-17H,1,5-6,11-14H2,(H,29,34)(H2,28,30,31,32);2-11,27H,1,12H2,(H,23,28)(H2,22,24,25,26). The van der Waals surface area contributed by atoms with Crippen LogP contribution in [0.2, 0.25) is 0 Å². The van der Waals surface area contributed by atoms with Crippen molar-refractivity contribution < 1.29 is 33.0 Å². The average Bonchev–Trinajstić information content (AvgIpc) is 3.71. The Labute approximate surface area is 367 Å². The van der Waals surface area contributed by atoms with Crippen molar-refractivity contribution in [3.8, 4) is 5.75 Å². The first-order valence-corrected chi connectivity index (χ1v) is 20.0. The van der Waals surface area contributed by atoms with Gasteiger partial charge in [-0.15, -0.1) is 0 Å². The van der Waals surface area contributed by atoms with E-state index in [-0.39, 0.29) is 47.9 Å². The monoisotopic (exact) mass is 869 g/mol. The summed E-state index contributed by atoms with van der Waals surface area (Å²) in [6.45, 7) is 8.73. The van der Waals surface area contributed by atoms with E-state index in [2.05, 4.69) is 65.0 Å². The van der Waals surface area contributed by atoms with Gasteiger partial charge in [0, 0.05) is 59.7 Å². The third kappa shape index (κ3) is 13.6. The summed E-state index contributed by atoms with van der Waals surface area (Å²) in [6.07, 6.45) is 6.76. The second kappa shape index (κ2) is 22.6. The number of aliphatic hydroxyl groups excluding tert-OH is 1. The molecule has 1 fully saturated rings. The Kier molecular flexibility index (Phi) is 16.0. The Hall–Kier alpha value is -8.25. The molecule has 0 unspecified atom stereocenters. The molecule has 6 aromatic rings. The topological polar surface area (TPSA) is 208 Å². The summed E-state index contributed by atoms with van der Waals surface area (Å²) < 4.78 is 34.4. The fraction of sp³-hybridized carbons (Fsp3) is 0.152. The highest BCUT2D eigenvalue weighted by atomic mass is 19.1. The van der Waals surface area contributed by atoms with Crippen LogP contribution in [0.15, 0.2) is 135 Å². The van der Waals surface area contributed by atoms with Crippen LogP contribution in [0.1, 0.15) is 24.8 Å². The molecular formula is C46H45F2N11O5. The molecule has 0 aliphatic carbocycles. The van der Waals surface area contributed by atoms with E-state index in [0.717, 1.165) is 43.4 Å². The molecule has 0 bridgehead atoms. The maximum Gasteiger partial charge on any atom is 0.247 e. The number of aliphatic hydroxyl groups is 1. The van der Waals surface area contributed by atoms with Gasteiger partial charge >= 0.3 is 0 Å². The maximum atomic E-state index is 14.4. The second-order valence-corrected chi connectivity index (χ2v) is 13.9. The molecule has 1 aliphatic heterocycles. The summed E-state index contributed by atoms with van der Waals surface area (Å²) in [6, 6.07) is 27.9. The van der Waals surface area contributed by atoms with Gasteiger partial charge in [0.25, 0.3) is 0 Å². The lowest BCUT2D eigenvalue weighted by atomic mass is 10.2. The number of ether oxygens (including phenoxy) is 1. The lowest BCUT2D eigenvalue weighted by molar-refractivity contribution is -0.127. The number of halogens is 2. The van der Waals surface area contributed by atoms with Gasteiger partial charge in [-0.2, -0.15) is 9.97 Å². The molecule has 0 radical (unpaired) electrons. The Bertz CT molecular complexity index is 2610. The van der Waals surface area contributed by atoms with Crippen LogP contribution >= 0.6 is 0 Å². The summed E-state index contributed by atoms with van der Waals surface area (Å²) in [7, 11) is 0. The molecule has 7 rings (SSSR count). The van der Waals surface area contributed by atoms with Crippen LogP contribution in [0, 0.1) is 11.6 Å². The lowest BCUT2D eigenvalue weighted by Gasteiger charge is -2.15. The zero-order valence-electron chi connectivity index (χ0n) is 34.5. The summed E-state index contributed by atoms with van der Waals surface area (Å²) in [5.74, 6) is -0.749. The highest BCUT2D eigenvalue weighted by Gasteiger charge is 2.19. The van der Waals surface area contributed by atoms with Crippen molar-refractivity contribution in [2.24, 2.45) is 0 Å². The number of benzene rings is 4. The van der Waals surface area contributed by atoms with Gasteiger partial charge in [0.1, 0.15) is 5.75 Å². The second-order valence-electron chi connectivity index (χ2n) is 13.9. The molecule has 3 amide bonds. The SMILES string of the molecule is C=CC(=O)Nc1cccc(Nc2nc(Nc3cccc(CO)c3)ncc2F)c1.C=CC(=O)Nc1cccc(Nc2nc(Nc3cccc(OCCCN4CCCC4=O)c3)ncc2F)c1. The Morgan fingerprint density at radius 1 is 0.703 bits per heavy atom. The molecule has 7 N–H and O–H groups in total. The van der Waals surface area contributed by atoms with Crippen molar-refractivity contribution in [1.29, 1.82) is 0 Å². The summed E-state index contributed by atoms with van der Waals surface area (Å²) in [5.41, 5.74) is 4.19. The van der Waals surface area contributed by atoms with Gasteiger partial charge < -0.3 is 46.6 Å². The maximum absolute atomic E-state index is 14.4. The number of anilines is 10. The van der Waals surface area contributed by atoms with Gasteiger partial charge in [-0.05, 0) is 91.2 Å². The minimum absolute atomic E-state index is 0.0245. The minimum atomic E-state index is -0.630. The highest BCUT2D eigenvalue weighted by Crippen LogP contribution is 2.26. The number of hydrogen-bond donors (Lipinski definition) is 7. The number of nitrogens with zero attached hydrogens (tertiary/aromatic N) is 5. The van der Waals surface area contributed by atoms with Gasteiger partial charge in [0.15, 0.2) is 23.3 Å². The fourth-order valence-electron chi connectivity index (χ4n) is 6.09. The molecule has 4 aromatic carbocycles. The molecule has 16 nitrogen and oxygen atoms in total. The first-order chi connectivity index (χ1) is 31.1. The normalized spacial score (nSPS) is 11.7. The van der Waals surface area contributed by atoms with E-state index >= 15 is 0 Å². The van der Waals surface area contributed by atoms with Crippen LogP contribution in [0.3, 0.4) is 0 Å². The number of hydrogen-bond acceptors (Lipinski definition) is 13. The Morgan fingerprint density at radius 3 is 1.72 bits per heavy atom. The number of amides is 3. The van der Waals surface area contributed by atoms with E-state index < -0.39 is 11.6 Å². The van der Waals surface area contributed by atoms with E-state index in [1.165, 1.54) is 6.08 Å². The van der Waals surface area contributed by atoms with Gasteiger partial charge in [-0.25, -0.2) is 18.7 Å². The largest absolute Gasteiger partial charge is 0.493 e. The molecule has 18 heteroatoms. The molecule has 2 aromatic heterocycles. The number of carbonyl (C=O) groups excluding carboxylic acids is 3. The van der Waals surface area contributed by atoms with Crippen LogP contribution in [-0.2, 0) is 21.0 Å². The quantitative estimate of drug-likeness (QED) is 0.0321. The Morgan fingerprint density at radius 2 is 1.20 bits per heavy atom. The van der Waals surface area contributed by atoms with Crippen molar-refractivity contribution in [3.05, 3.63) is 152 Å². The zero-order chi connectivity index (χ0) is 45.3. The van der Waals surface area contributed by atoms with Gasteiger partial charge in [0.2, 0.25) is 29.6 Å². The van der Waals surface area contributed by atoms with Crippen LogP contribution < -0.4 is 36.6 Å². The van der Waals surface area contributed by atoms with E-state index in [1.807, 2.05) is 23.1 Å². The minimum Gasteiger partial charge on any atom is -0.493 e. The molecular weight excluding hydrogens is 825 g/mol. The third-order valence-corrected chi connectivity index (χ3v) is 9.11. The summed E-state index contributed by atoms with van der Waals surface area (Å²) in [4.78, 5) is 52.8. The average molecular weight is 870 g/mol. The molecule has 1 aliphatic rings. The van der Waals surface area contributed by atoms with Crippen LogP contribution in [0.25, 0.3) is 0 Å². The van der Waals surface area contributed by atoms with E-state index in [9.17, 15) is 28.3 Å². The van der Waals surface area contributed by atoms with Crippen LogP contribution in [0.5, 0.6) is 5.75 Å². The first kappa shape index (κ1) is 45.3. The van der Waals surface area contributed by atoms with Crippen molar-refractivity contribution in [2.75, 3.05) is 51.6 Å². The number of nitrogens with one attached hydrogen (secondary N) is 6. The zero-order valence-corrected chi connectivity index (χ0v) is 34.5. The molecule has 3 heterocycles. The van der Waals surface area contributed by atoms with Gasteiger partial charge in [0.05, 0.1) is 25.6 Å². The van der Waals surface area contributed by atoms with E-state index in [0.29, 0.717) is 59.4 Å². The molecule has 328 valence electrons. The van der Waals surface area contributed by atoms with Crippen molar-refractivity contribution in [3.63, 3.8) is 0 Å². The van der Waals surface area contributed by atoms with Crippen molar-refractivity contribution in [1.82, 2.24) is 24.8 Å². The predicted molar refractivity (Wildman–Crippen MR) is 242 cm³/mol. The fourth-order valence-corrected chi connectivity index (χ4v) is 6.09. The highest BCUT2D eigenvalue weighted by molar-refractivity contribution is 5.99. The summed E-state index contributed by atoms with van der Waals surface area (Å²) in [5, 5.41) is 26.3. The number of rotatable bonds is 18. The van der Waals surface area contributed by atoms with Crippen LogP contribution in [0.4, 0.5) is 66.4 Å².